The molecule has 2 atom stereocenters. The number of hydrogen-bond acceptors (Lipinski definition) is 1. The zero-order valence-electron chi connectivity index (χ0n) is 41.8. The van der Waals surface area contributed by atoms with E-state index in [-0.39, 0.29) is 5.41 Å². The van der Waals surface area contributed by atoms with Crippen LogP contribution in [0.4, 0.5) is 5.69 Å². The lowest BCUT2D eigenvalue weighted by atomic mass is 9.68. The molecule has 0 amide bonds. The van der Waals surface area contributed by atoms with Gasteiger partial charge in [-0.15, -0.1) is 0 Å². The summed E-state index contributed by atoms with van der Waals surface area (Å²) >= 11 is 0. The smallest absolute Gasteiger partial charge is 0.0719 e. The Bertz CT molecular complexity index is 3130. The van der Waals surface area contributed by atoms with Crippen LogP contribution in [-0.4, -0.2) is 5.71 Å². The van der Waals surface area contributed by atoms with Gasteiger partial charge in [0.2, 0.25) is 0 Å². The van der Waals surface area contributed by atoms with E-state index in [2.05, 4.69) is 162 Å². The maximum absolute atomic E-state index is 4.77. The lowest BCUT2D eigenvalue weighted by Crippen LogP contribution is -2.27. The highest BCUT2D eigenvalue weighted by Crippen LogP contribution is 2.65. The molecule has 11 rings (SSSR count). The summed E-state index contributed by atoms with van der Waals surface area (Å²) in [6.45, 7) is 23.4. The number of fused-ring (bicyclic) bond motifs is 15. The quantitative estimate of drug-likeness (QED) is 0.112. The fourth-order valence-corrected chi connectivity index (χ4v) is 11.4. The molecule has 7 aromatic carbocycles. The largest absolute Gasteiger partial charge is 0.253 e. The number of hydrogen-bond donors (Lipinski definition) is 0. The number of benzene rings is 7. The van der Waals surface area contributed by atoms with Gasteiger partial charge in [-0.1, -0.05) is 195 Å². The van der Waals surface area contributed by atoms with E-state index in [1.54, 1.807) is 5.57 Å². The Balaban J connectivity index is 0.000000214. The maximum atomic E-state index is 4.77. The standard InChI is InChI=1S/C43H38.C19H21N.2C2H6/c1-4-26(2)28-18-13-20-33-34-24-36-31-15-6-5-7-21-39(31)43(37-22-10-8-16-29(37)30-17-9-11-23-38(30)43)40(36)25-35(34)32-19-12-14-27(3)41(32)42(28)33;1-4-10-18-13-8-9-14-19(18)20-16(3)15(2)17-11-6-5-7-12-17;2*1-2/h7-8,10,12-14,16-26H,4-6,9,11,15H2,1-3H3;5-9,11-14H,2,4,10H2,1,3H3;2*1-2H3. The van der Waals surface area contributed by atoms with E-state index in [1.165, 1.54) is 94.4 Å². The number of aryl methyl sites for hydroxylation is 2. The molecule has 4 aliphatic rings. The number of allylic oxidation sites excluding steroid dienone is 9. The van der Waals surface area contributed by atoms with E-state index in [4.69, 9.17) is 4.99 Å². The zero-order chi connectivity index (χ0) is 47.2. The lowest BCUT2D eigenvalue weighted by molar-refractivity contribution is 0.740. The second-order valence-corrected chi connectivity index (χ2v) is 18.2. The van der Waals surface area contributed by atoms with Crippen LogP contribution in [0.15, 0.2) is 174 Å². The van der Waals surface area contributed by atoms with Crippen LogP contribution in [0, 0.1) is 6.92 Å². The molecule has 0 radical (unpaired) electrons. The summed E-state index contributed by atoms with van der Waals surface area (Å²) in [5.41, 5.74) is 20.1. The molecule has 0 bridgehead atoms. The minimum atomic E-state index is -0.230. The molecule has 1 heteroatoms. The molecule has 0 heterocycles. The van der Waals surface area contributed by atoms with Gasteiger partial charge in [0.25, 0.3) is 0 Å². The summed E-state index contributed by atoms with van der Waals surface area (Å²) in [7, 11) is 0. The lowest BCUT2D eigenvalue weighted by Gasteiger charge is -2.33. The Morgan fingerprint density at radius 2 is 1.37 bits per heavy atom. The fourth-order valence-electron chi connectivity index (χ4n) is 11.4. The van der Waals surface area contributed by atoms with E-state index in [9.17, 15) is 0 Å². The molecule has 0 aliphatic heterocycles. The summed E-state index contributed by atoms with van der Waals surface area (Å²) in [6, 6.07) is 47.1. The van der Waals surface area contributed by atoms with Gasteiger partial charge in [0.15, 0.2) is 0 Å². The van der Waals surface area contributed by atoms with Crippen molar-refractivity contribution in [2.75, 3.05) is 0 Å². The Kier molecular flexibility index (Phi) is 14.6. The predicted molar refractivity (Wildman–Crippen MR) is 296 cm³/mol. The molecule has 0 saturated carbocycles. The summed E-state index contributed by atoms with van der Waals surface area (Å²) in [5.74, 6) is 0.515. The van der Waals surface area contributed by atoms with Crippen LogP contribution in [0.25, 0.3) is 49.0 Å². The molecule has 4 aliphatic carbocycles. The highest BCUT2D eigenvalue weighted by molar-refractivity contribution is 6.28. The second-order valence-electron chi connectivity index (χ2n) is 18.2. The minimum Gasteiger partial charge on any atom is -0.253 e. The third-order valence-electron chi connectivity index (χ3n) is 14.6. The van der Waals surface area contributed by atoms with Crippen molar-refractivity contribution in [1.29, 1.82) is 0 Å². The molecule has 340 valence electrons. The Morgan fingerprint density at radius 1 is 0.687 bits per heavy atom. The highest BCUT2D eigenvalue weighted by atomic mass is 14.7. The van der Waals surface area contributed by atoms with Crippen LogP contribution in [0.1, 0.15) is 151 Å². The first kappa shape index (κ1) is 47.2. The Hall–Kier alpha value is -6.31. The minimum absolute atomic E-state index is 0.230. The van der Waals surface area contributed by atoms with E-state index >= 15 is 0 Å². The van der Waals surface area contributed by atoms with Crippen molar-refractivity contribution in [3.05, 3.63) is 214 Å². The van der Waals surface area contributed by atoms with E-state index in [0.717, 1.165) is 67.5 Å². The molecular formula is C66H71N. The normalized spacial score (nSPS) is 17.1. The van der Waals surface area contributed by atoms with Crippen molar-refractivity contribution in [1.82, 2.24) is 0 Å². The van der Waals surface area contributed by atoms with Gasteiger partial charge in [-0.25, -0.2) is 0 Å². The highest BCUT2D eigenvalue weighted by Gasteiger charge is 2.54. The van der Waals surface area contributed by atoms with Crippen molar-refractivity contribution in [3.8, 4) is 0 Å². The first-order valence-corrected chi connectivity index (χ1v) is 25.6. The molecule has 1 spiro atoms. The molecule has 0 saturated heterocycles. The van der Waals surface area contributed by atoms with Crippen LogP contribution < -0.4 is 0 Å². The van der Waals surface area contributed by atoms with Gasteiger partial charge in [0.05, 0.1) is 11.1 Å². The number of nitrogens with zero attached hydrogens (tertiary/aromatic N) is 1. The fraction of sp³-hybridized carbons (Fsp3) is 0.288. The van der Waals surface area contributed by atoms with Crippen LogP contribution >= 0.6 is 0 Å². The second kappa shape index (κ2) is 20.7. The van der Waals surface area contributed by atoms with Crippen LogP contribution in [0.5, 0.6) is 0 Å². The maximum Gasteiger partial charge on any atom is 0.0719 e. The average Bonchev–Trinajstić information content (AvgIpc) is 3.68. The number of aliphatic imine (C=N–C) groups is 1. The van der Waals surface area contributed by atoms with Crippen molar-refractivity contribution < 1.29 is 0 Å². The molecule has 7 aromatic rings. The Morgan fingerprint density at radius 3 is 2.15 bits per heavy atom. The average molecular weight is 878 g/mol. The number of para-hydroxylation sites is 1. The Labute approximate surface area is 402 Å². The van der Waals surface area contributed by atoms with Crippen molar-refractivity contribution in [2.24, 2.45) is 4.99 Å². The van der Waals surface area contributed by atoms with Crippen LogP contribution in [0.3, 0.4) is 0 Å². The SMILES string of the molecule is C=C(C(C)=Nc1ccccc1CCC)c1ccccc1.CC.CC.CCC(C)c1cccc2c3cc4c(cc3c3cccc(C)c3c12)C1(C2=CCCC=C2c2ccccc21)C1=C4CCCC=C1. The van der Waals surface area contributed by atoms with Crippen molar-refractivity contribution >= 4 is 60.4 Å². The molecule has 2 unspecified atom stereocenters. The first-order valence-electron chi connectivity index (χ1n) is 25.6. The third-order valence-corrected chi connectivity index (χ3v) is 14.6. The van der Waals surface area contributed by atoms with Gasteiger partial charge in [0.1, 0.15) is 0 Å². The van der Waals surface area contributed by atoms with Crippen LogP contribution in [0.2, 0.25) is 0 Å². The third kappa shape index (κ3) is 8.20. The van der Waals surface area contributed by atoms with E-state index in [0.29, 0.717) is 5.92 Å². The number of rotatable bonds is 7. The molecule has 0 N–H and O–H groups in total. The topological polar surface area (TPSA) is 12.4 Å². The summed E-state index contributed by atoms with van der Waals surface area (Å²) in [5, 5.41) is 8.52. The summed E-state index contributed by atoms with van der Waals surface area (Å²) in [4.78, 5) is 4.77. The van der Waals surface area contributed by atoms with Gasteiger partial charge in [-0.2, -0.15) is 0 Å². The van der Waals surface area contributed by atoms with Gasteiger partial charge in [-0.05, 0) is 188 Å². The molecule has 0 aromatic heterocycles. The molecule has 0 fully saturated rings. The van der Waals surface area contributed by atoms with E-state index < -0.39 is 0 Å². The summed E-state index contributed by atoms with van der Waals surface area (Å²) in [6.07, 6.45) is 19.2. The van der Waals surface area contributed by atoms with Crippen molar-refractivity contribution in [3.63, 3.8) is 0 Å². The van der Waals surface area contributed by atoms with Gasteiger partial charge in [-0.3, -0.25) is 4.99 Å². The van der Waals surface area contributed by atoms with Crippen LogP contribution in [-0.2, 0) is 11.8 Å². The van der Waals surface area contributed by atoms with Gasteiger partial charge >= 0.3 is 0 Å². The zero-order valence-corrected chi connectivity index (χ0v) is 41.8. The van der Waals surface area contributed by atoms with Gasteiger partial charge in [0, 0.05) is 5.71 Å². The monoisotopic (exact) mass is 878 g/mol. The van der Waals surface area contributed by atoms with E-state index in [1.807, 2.05) is 58.9 Å². The predicted octanol–water partition coefficient (Wildman–Crippen LogP) is 19.4. The first-order chi connectivity index (χ1) is 32.9. The molecule has 1 nitrogen and oxygen atoms in total. The molecular weight excluding hydrogens is 807 g/mol. The van der Waals surface area contributed by atoms with Gasteiger partial charge < -0.3 is 0 Å². The molecule has 67 heavy (non-hydrogen) atoms. The van der Waals surface area contributed by atoms with Crippen molar-refractivity contribution in [2.45, 2.75) is 125 Å². The summed E-state index contributed by atoms with van der Waals surface area (Å²) < 4.78 is 0.